The highest BCUT2D eigenvalue weighted by molar-refractivity contribution is 5.82. The van der Waals surface area contributed by atoms with Gasteiger partial charge in [-0.15, -0.1) is 0 Å². The fourth-order valence-electron chi connectivity index (χ4n) is 1.73. The third-order valence-electron chi connectivity index (χ3n) is 3.22. The van der Waals surface area contributed by atoms with Gasteiger partial charge >= 0.3 is 0 Å². The Bertz CT molecular complexity index is 238. The van der Waals surface area contributed by atoms with Gasteiger partial charge in [-0.2, -0.15) is 0 Å². The van der Waals surface area contributed by atoms with Crippen LogP contribution in [0.1, 0.15) is 26.2 Å². The van der Waals surface area contributed by atoms with Gasteiger partial charge in [0.25, 0.3) is 0 Å². The molecule has 2 rings (SSSR count). The van der Waals surface area contributed by atoms with Gasteiger partial charge in [-0.1, -0.05) is 6.92 Å². The van der Waals surface area contributed by atoms with E-state index in [1.807, 2.05) is 0 Å². The molecule has 4 nitrogen and oxygen atoms in total. The Morgan fingerprint density at radius 1 is 1.64 bits per heavy atom. The Morgan fingerprint density at radius 3 is 2.86 bits per heavy atom. The minimum atomic E-state index is -0.359. The van der Waals surface area contributed by atoms with Crippen molar-refractivity contribution < 1.29 is 9.90 Å². The second-order valence-electron chi connectivity index (χ2n) is 4.88. The highest BCUT2D eigenvalue weighted by Crippen LogP contribution is 2.44. The highest BCUT2D eigenvalue weighted by atomic mass is 16.3. The van der Waals surface area contributed by atoms with Crippen molar-refractivity contribution in [2.45, 2.75) is 38.3 Å². The first-order chi connectivity index (χ1) is 6.59. The fourth-order valence-corrected chi connectivity index (χ4v) is 1.73. The molecule has 0 radical (unpaired) electrons. The molecule has 0 aromatic carbocycles. The predicted molar refractivity (Wildman–Crippen MR) is 52.8 cm³/mol. The fraction of sp³-hybridized carbons (Fsp3) is 0.900. The van der Waals surface area contributed by atoms with Gasteiger partial charge in [0.15, 0.2) is 0 Å². The zero-order valence-corrected chi connectivity index (χ0v) is 8.55. The molecule has 3 N–H and O–H groups in total. The monoisotopic (exact) mass is 198 g/mol. The van der Waals surface area contributed by atoms with Gasteiger partial charge in [0.1, 0.15) is 0 Å². The number of rotatable bonds is 3. The summed E-state index contributed by atoms with van der Waals surface area (Å²) in [5.41, 5.74) is 0.354. The van der Waals surface area contributed by atoms with E-state index in [0.29, 0.717) is 18.4 Å². The molecule has 1 saturated carbocycles. The molecule has 2 atom stereocenters. The average Bonchev–Trinajstić information content (AvgIpc) is 2.71. The van der Waals surface area contributed by atoms with Crippen LogP contribution in [-0.4, -0.2) is 36.2 Å². The van der Waals surface area contributed by atoms with Crippen LogP contribution in [0.4, 0.5) is 0 Å². The number of amides is 1. The maximum absolute atomic E-state index is 11.6. The van der Waals surface area contributed by atoms with E-state index >= 15 is 0 Å². The second kappa shape index (κ2) is 3.51. The average molecular weight is 198 g/mol. The first-order valence-electron chi connectivity index (χ1n) is 5.28. The summed E-state index contributed by atoms with van der Waals surface area (Å²) in [4.78, 5) is 11.6. The first-order valence-corrected chi connectivity index (χ1v) is 5.28. The van der Waals surface area contributed by atoms with E-state index in [1.165, 1.54) is 12.8 Å². The maximum Gasteiger partial charge on any atom is 0.237 e. The summed E-state index contributed by atoms with van der Waals surface area (Å²) in [6, 6.07) is -0.188. The molecule has 0 spiro atoms. The first kappa shape index (κ1) is 9.93. The molecule has 1 amide bonds. The molecule has 1 aliphatic carbocycles. The van der Waals surface area contributed by atoms with Gasteiger partial charge in [0.05, 0.1) is 12.1 Å². The lowest BCUT2D eigenvalue weighted by molar-refractivity contribution is -0.123. The van der Waals surface area contributed by atoms with Crippen LogP contribution in [0, 0.1) is 5.41 Å². The van der Waals surface area contributed by atoms with Crippen LogP contribution in [0.2, 0.25) is 0 Å². The zero-order chi connectivity index (χ0) is 10.2. The number of carbonyl (C=O) groups is 1. The van der Waals surface area contributed by atoms with E-state index in [9.17, 15) is 9.90 Å². The minimum Gasteiger partial charge on any atom is -0.392 e. The maximum atomic E-state index is 11.6. The number of aliphatic hydroxyl groups is 1. The molecule has 1 aliphatic heterocycles. The highest BCUT2D eigenvalue weighted by Gasteiger charge is 2.38. The Labute approximate surface area is 84.1 Å². The SMILES string of the molecule is CC1(CNC(=O)[C@H]2C[C@H](O)CN2)CC1. The van der Waals surface area contributed by atoms with Crippen LogP contribution in [0.5, 0.6) is 0 Å². The third kappa shape index (κ3) is 2.25. The molecule has 80 valence electrons. The number of β-amino-alcohol motifs (C(OH)–C–C–N with tert-alkyl or cyclic N) is 1. The van der Waals surface area contributed by atoms with Crippen molar-refractivity contribution >= 4 is 5.91 Å². The van der Waals surface area contributed by atoms with Crippen LogP contribution < -0.4 is 10.6 Å². The molecule has 1 saturated heterocycles. The standard InChI is InChI=1S/C10H18N2O2/c1-10(2-3-10)6-12-9(14)8-4-7(13)5-11-8/h7-8,11,13H,2-6H2,1H3,(H,12,14)/t7-,8+/m0/s1. The molecule has 14 heavy (non-hydrogen) atoms. The molecule has 0 aromatic heterocycles. The van der Waals surface area contributed by atoms with Gasteiger partial charge in [0, 0.05) is 13.1 Å². The Kier molecular flexibility index (Phi) is 2.49. The van der Waals surface area contributed by atoms with Crippen molar-refractivity contribution in [1.82, 2.24) is 10.6 Å². The quantitative estimate of drug-likeness (QED) is 0.579. The van der Waals surface area contributed by atoms with E-state index in [2.05, 4.69) is 17.6 Å². The summed E-state index contributed by atoms with van der Waals surface area (Å²) >= 11 is 0. The van der Waals surface area contributed by atoms with Gasteiger partial charge in [-0.3, -0.25) is 4.79 Å². The number of carbonyl (C=O) groups excluding carboxylic acids is 1. The largest absolute Gasteiger partial charge is 0.392 e. The molecule has 0 aromatic rings. The molecule has 1 heterocycles. The number of nitrogens with one attached hydrogen (secondary N) is 2. The lowest BCUT2D eigenvalue weighted by Gasteiger charge is -2.13. The Hall–Kier alpha value is -0.610. The van der Waals surface area contributed by atoms with E-state index in [1.54, 1.807) is 0 Å². The van der Waals surface area contributed by atoms with Gasteiger partial charge in [-0.05, 0) is 24.7 Å². The Balaban J connectivity index is 1.72. The topological polar surface area (TPSA) is 61.4 Å². The Morgan fingerprint density at radius 2 is 2.36 bits per heavy atom. The van der Waals surface area contributed by atoms with Crippen molar-refractivity contribution in [3.63, 3.8) is 0 Å². The number of hydrogen-bond donors (Lipinski definition) is 3. The van der Waals surface area contributed by atoms with Crippen LogP contribution in [0.25, 0.3) is 0 Å². The summed E-state index contributed by atoms with van der Waals surface area (Å²) in [5.74, 6) is 0.0367. The van der Waals surface area contributed by atoms with Crippen molar-refractivity contribution in [3.05, 3.63) is 0 Å². The molecule has 4 heteroatoms. The predicted octanol–water partition coefficient (Wildman–Crippen LogP) is -0.374. The van der Waals surface area contributed by atoms with Crippen molar-refractivity contribution in [1.29, 1.82) is 0 Å². The molecular weight excluding hydrogens is 180 g/mol. The van der Waals surface area contributed by atoms with E-state index < -0.39 is 0 Å². The molecule has 2 fully saturated rings. The van der Waals surface area contributed by atoms with Crippen molar-refractivity contribution in [2.75, 3.05) is 13.1 Å². The van der Waals surface area contributed by atoms with Crippen LogP contribution in [0.3, 0.4) is 0 Å². The summed E-state index contributed by atoms with van der Waals surface area (Å²) in [6.07, 6.45) is 2.62. The summed E-state index contributed by atoms with van der Waals surface area (Å²) in [7, 11) is 0. The second-order valence-corrected chi connectivity index (χ2v) is 4.88. The molecule has 0 bridgehead atoms. The lowest BCUT2D eigenvalue weighted by Crippen LogP contribution is -2.42. The van der Waals surface area contributed by atoms with Crippen LogP contribution in [-0.2, 0) is 4.79 Å². The van der Waals surface area contributed by atoms with Gasteiger partial charge < -0.3 is 15.7 Å². The smallest absolute Gasteiger partial charge is 0.237 e. The van der Waals surface area contributed by atoms with E-state index in [0.717, 1.165) is 6.54 Å². The van der Waals surface area contributed by atoms with Gasteiger partial charge in [0.2, 0.25) is 5.91 Å². The zero-order valence-electron chi connectivity index (χ0n) is 8.55. The third-order valence-corrected chi connectivity index (χ3v) is 3.22. The minimum absolute atomic E-state index is 0.0367. The summed E-state index contributed by atoms with van der Waals surface area (Å²) in [6.45, 7) is 3.50. The lowest BCUT2D eigenvalue weighted by atomic mass is 10.1. The van der Waals surface area contributed by atoms with Crippen LogP contribution in [0.15, 0.2) is 0 Å². The van der Waals surface area contributed by atoms with Gasteiger partial charge in [-0.25, -0.2) is 0 Å². The van der Waals surface area contributed by atoms with Crippen LogP contribution >= 0.6 is 0 Å². The summed E-state index contributed by atoms with van der Waals surface area (Å²) in [5, 5.41) is 15.2. The molecular formula is C10H18N2O2. The van der Waals surface area contributed by atoms with Crippen molar-refractivity contribution in [3.8, 4) is 0 Å². The normalized spacial score (nSPS) is 34.1. The van der Waals surface area contributed by atoms with Crippen molar-refractivity contribution in [2.24, 2.45) is 5.41 Å². The number of hydrogen-bond acceptors (Lipinski definition) is 3. The van der Waals surface area contributed by atoms with E-state index in [4.69, 9.17) is 0 Å². The molecule has 0 unspecified atom stereocenters. The molecule has 2 aliphatic rings. The van der Waals surface area contributed by atoms with E-state index in [-0.39, 0.29) is 18.1 Å². The number of aliphatic hydroxyl groups excluding tert-OH is 1. The summed E-state index contributed by atoms with van der Waals surface area (Å²) < 4.78 is 0.